The van der Waals surface area contributed by atoms with Gasteiger partial charge in [-0.2, -0.15) is 0 Å². The van der Waals surface area contributed by atoms with Crippen molar-refractivity contribution in [3.63, 3.8) is 0 Å². The van der Waals surface area contributed by atoms with Gasteiger partial charge in [-0.05, 0) is 136 Å². The van der Waals surface area contributed by atoms with Crippen molar-refractivity contribution in [2.75, 3.05) is 75.5 Å². The van der Waals surface area contributed by atoms with Crippen molar-refractivity contribution in [2.24, 2.45) is 11.5 Å². The Morgan fingerprint density at radius 3 is 1.07 bits per heavy atom. The summed E-state index contributed by atoms with van der Waals surface area (Å²) in [5.41, 5.74) is 10.9. The van der Waals surface area contributed by atoms with Gasteiger partial charge in [-0.1, -0.05) is 0 Å². The van der Waals surface area contributed by atoms with Gasteiger partial charge in [0.25, 0.3) is 23.6 Å². The molecule has 2 rings (SSSR count). The Morgan fingerprint density at radius 2 is 0.821 bits per heavy atom. The van der Waals surface area contributed by atoms with Gasteiger partial charge in [0.2, 0.25) is 12.8 Å². The zero-order valence-corrected chi connectivity index (χ0v) is 41.7. The van der Waals surface area contributed by atoms with E-state index < -0.39 is 94.5 Å². The molecule has 0 aliphatic heterocycles. The zero-order chi connectivity index (χ0) is 42.8. The van der Waals surface area contributed by atoms with Crippen LogP contribution in [0.3, 0.4) is 0 Å². The zero-order valence-electron chi connectivity index (χ0n) is 28.7. The van der Waals surface area contributed by atoms with Gasteiger partial charge in [-0.3, -0.25) is 28.8 Å². The molecule has 25 heteroatoms. The first kappa shape index (κ1) is 51.5. The second-order valence-corrected chi connectivity index (χ2v) is 18.1. The van der Waals surface area contributed by atoms with Gasteiger partial charge in [-0.25, -0.2) is 0 Å². The number of hydrogen-bond acceptors (Lipinski definition) is 13. The maximum Gasteiger partial charge on any atom is 0.256 e. The van der Waals surface area contributed by atoms with Crippen LogP contribution in [0, 0.1) is 21.4 Å². The molecule has 2 unspecified atom stereocenters. The predicted octanol–water partition coefficient (Wildman–Crippen LogP) is -0.926. The topological polar surface area (TPSA) is 309 Å². The summed E-state index contributed by atoms with van der Waals surface area (Å²) >= 11 is 10.5. The molecule has 2 atom stereocenters. The molecule has 6 amide bonds. The number of aliphatic hydroxyl groups is 7. The lowest BCUT2D eigenvalue weighted by Crippen LogP contribution is -2.43. The molecule has 0 aromatic heterocycles. The molecule has 0 fully saturated rings. The average molecular weight is 1460 g/mol. The van der Waals surface area contributed by atoms with E-state index in [2.05, 4.69) is 0 Å². The molecule has 0 spiro atoms. The van der Waals surface area contributed by atoms with Crippen LogP contribution in [-0.4, -0.2) is 166 Å². The van der Waals surface area contributed by atoms with Crippen molar-refractivity contribution < 1.29 is 64.5 Å². The fourth-order valence-electron chi connectivity index (χ4n) is 5.23. The minimum absolute atomic E-state index is 0.0153. The highest BCUT2D eigenvalue weighted by atomic mass is 127. The molecule has 310 valence electrons. The number of hydrogen-bond donors (Lipinski definition) is 9. The fraction of sp³-hybridized carbons (Fsp3) is 0.419. The van der Waals surface area contributed by atoms with Gasteiger partial charge in [0.05, 0.1) is 106 Å². The highest BCUT2D eigenvalue weighted by Gasteiger charge is 2.35. The summed E-state index contributed by atoms with van der Waals surface area (Å²) in [5.74, 6) is -3.48. The van der Waals surface area contributed by atoms with E-state index in [9.17, 15) is 64.5 Å². The lowest BCUT2D eigenvalue weighted by molar-refractivity contribution is -0.108. The van der Waals surface area contributed by atoms with Gasteiger partial charge < -0.3 is 66.8 Å². The molecule has 11 N–H and O–H groups in total. The van der Waals surface area contributed by atoms with Crippen LogP contribution in [0.25, 0.3) is 0 Å². The molecular formula is C31H36I6N6O13. The van der Waals surface area contributed by atoms with E-state index in [1.807, 2.05) is 0 Å². The fourth-order valence-corrected chi connectivity index (χ4v) is 14.8. The van der Waals surface area contributed by atoms with Crippen molar-refractivity contribution in [3.8, 4) is 0 Å². The van der Waals surface area contributed by atoms with Crippen LogP contribution in [0.1, 0.15) is 41.4 Å². The second kappa shape index (κ2) is 24.0. The Morgan fingerprint density at radius 1 is 0.518 bits per heavy atom. The lowest BCUT2D eigenvalue weighted by Gasteiger charge is -2.31. The Kier molecular flexibility index (Phi) is 22.0. The molecular weight excluding hydrogens is 1430 g/mol. The van der Waals surface area contributed by atoms with Crippen LogP contribution >= 0.6 is 136 Å². The molecule has 2 aromatic rings. The number of amides is 6. The summed E-state index contributed by atoms with van der Waals surface area (Å²) in [5, 5.41) is 69.5. The standard InChI is InChI=1S/C31H36I6N6O13/c32-20-16(28(38)53)22(34)26(24(36)18(20)30(55)40(1-3-44)7-14(51)9-46)42(11-48)5-13(50)6-43(12-49)27-23(35)17(29(39)54)21(33)19(25(27)37)31(56)41(2-4-45)8-15(52)10-47/h11-15,44-47,50-52H,1-10H2,(H2,38,53)(H2,39,54). The van der Waals surface area contributed by atoms with Gasteiger partial charge >= 0.3 is 0 Å². The van der Waals surface area contributed by atoms with E-state index in [-0.39, 0.29) is 68.1 Å². The van der Waals surface area contributed by atoms with E-state index in [1.54, 1.807) is 136 Å². The number of carbonyl (C=O) groups excluding carboxylic acids is 6. The second-order valence-electron chi connectivity index (χ2n) is 11.6. The van der Waals surface area contributed by atoms with Crippen LogP contribution in [0.4, 0.5) is 11.4 Å². The quantitative estimate of drug-likeness (QED) is 0.0510. The summed E-state index contributed by atoms with van der Waals surface area (Å²) in [4.78, 5) is 82.7. The van der Waals surface area contributed by atoms with E-state index in [0.29, 0.717) is 12.8 Å². The Bertz CT molecular complexity index is 1700. The smallest absolute Gasteiger partial charge is 0.256 e. The number of benzene rings is 2. The number of nitrogens with two attached hydrogens (primary N) is 2. The summed E-state index contributed by atoms with van der Waals surface area (Å²) in [6, 6.07) is 0. The highest BCUT2D eigenvalue weighted by molar-refractivity contribution is 14.1. The Labute approximate surface area is 401 Å². The third kappa shape index (κ3) is 12.2. The van der Waals surface area contributed by atoms with Crippen molar-refractivity contribution >= 4 is 183 Å². The first-order valence-electron chi connectivity index (χ1n) is 15.8. The molecule has 0 aliphatic carbocycles. The minimum atomic E-state index is -1.58. The van der Waals surface area contributed by atoms with Crippen LogP contribution in [0.15, 0.2) is 0 Å². The van der Waals surface area contributed by atoms with Crippen molar-refractivity contribution in [1.82, 2.24) is 9.80 Å². The molecule has 0 heterocycles. The number of primary amides is 2. The van der Waals surface area contributed by atoms with Crippen molar-refractivity contribution in [3.05, 3.63) is 43.7 Å². The van der Waals surface area contributed by atoms with E-state index >= 15 is 0 Å². The first-order chi connectivity index (χ1) is 26.3. The highest BCUT2D eigenvalue weighted by Crippen LogP contribution is 2.40. The van der Waals surface area contributed by atoms with E-state index in [0.717, 1.165) is 19.6 Å². The summed E-state index contributed by atoms with van der Waals surface area (Å²) in [6.07, 6.45) is -3.68. The molecule has 0 radical (unpaired) electrons. The Hall–Kier alpha value is -0.640. The van der Waals surface area contributed by atoms with Crippen LogP contribution in [-0.2, 0) is 9.59 Å². The summed E-state index contributed by atoms with van der Waals surface area (Å²) in [7, 11) is 0. The van der Waals surface area contributed by atoms with Crippen LogP contribution < -0.4 is 21.3 Å². The maximum atomic E-state index is 13.9. The number of carbonyl (C=O) groups is 6. The largest absolute Gasteiger partial charge is 0.395 e. The number of nitrogens with zero attached hydrogens (tertiary/aromatic N) is 4. The van der Waals surface area contributed by atoms with Gasteiger partial charge in [0, 0.05) is 33.3 Å². The third-order valence-corrected chi connectivity index (χ3v) is 14.1. The first-order valence-corrected chi connectivity index (χ1v) is 22.3. The van der Waals surface area contributed by atoms with Gasteiger partial charge in [-0.15, -0.1) is 0 Å². The molecule has 0 bridgehead atoms. The summed E-state index contributed by atoms with van der Waals surface area (Å²) < 4.78 is 0.693. The number of rotatable bonds is 22. The number of halogens is 6. The van der Waals surface area contributed by atoms with Crippen LogP contribution in [0.2, 0.25) is 0 Å². The molecule has 56 heavy (non-hydrogen) atoms. The number of anilines is 2. The molecule has 0 saturated heterocycles. The van der Waals surface area contributed by atoms with E-state index in [1.165, 1.54) is 0 Å². The lowest BCUT2D eigenvalue weighted by atomic mass is 10.1. The minimum Gasteiger partial charge on any atom is -0.395 e. The van der Waals surface area contributed by atoms with Crippen molar-refractivity contribution in [1.29, 1.82) is 0 Å². The SMILES string of the molecule is NC(=O)c1c(I)c(C(=O)N(CCO)CC(O)CO)c(I)c(N(C=O)CC(O)CN(C=O)c2c(I)c(C(N)=O)c(I)c(C(=O)N(CCO)CC(O)CO)c2I)c1I. The third-order valence-electron chi connectivity index (χ3n) is 7.75. The van der Waals surface area contributed by atoms with Crippen LogP contribution in [0.5, 0.6) is 0 Å². The maximum absolute atomic E-state index is 13.9. The molecule has 2 aromatic carbocycles. The molecule has 19 nitrogen and oxygen atoms in total. The summed E-state index contributed by atoms with van der Waals surface area (Å²) in [6.45, 7) is -4.83. The molecule has 0 saturated carbocycles. The van der Waals surface area contributed by atoms with E-state index in [4.69, 9.17) is 11.5 Å². The van der Waals surface area contributed by atoms with Gasteiger partial charge in [0.1, 0.15) is 0 Å². The predicted molar refractivity (Wildman–Crippen MR) is 251 cm³/mol. The Balaban J connectivity index is 2.74. The van der Waals surface area contributed by atoms with Gasteiger partial charge in [0.15, 0.2) is 0 Å². The average Bonchev–Trinajstić information content (AvgIpc) is 3.12. The monoisotopic (exact) mass is 1460 g/mol. The normalized spacial score (nSPS) is 12.7. The molecule has 0 aliphatic rings. The van der Waals surface area contributed by atoms with Crippen molar-refractivity contribution in [2.45, 2.75) is 18.3 Å². The number of aliphatic hydroxyl groups excluding tert-OH is 7.